The van der Waals surface area contributed by atoms with Crippen molar-refractivity contribution in [1.82, 2.24) is 4.90 Å². The second kappa shape index (κ2) is 3.98. The fourth-order valence-electron chi connectivity index (χ4n) is 0.0488. The Hall–Kier alpha value is 0.812. The molecular formula is C3H8FNPb. The summed E-state index contributed by atoms with van der Waals surface area (Å²) in [5.41, 5.74) is 0. The van der Waals surface area contributed by atoms with Gasteiger partial charge in [0.2, 0.25) is 0 Å². The van der Waals surface area contributed by atoms with Crippen LogP contribution in [0.1, 0.15) is 0 Å². The number of halogens is 1. The number of rotatable bonds is 2. The first kappa shape index (κ1) is 6.81. The molecule has 0 aliphatic heterocycles. The molecule has 0 spiro atoms. The van der Waals surface area contributed by atoms with E-state index in [0.29, 0.717) is 0 Å². The summed E-state index contributed by atoms with van der Waals surface area (Å²) >= 11 is 0.899. The van der Waals surface area contributed by atoms with Gasteiger partial charge in [0.1, 0.15) is 0 Å². The molecule has 1 nitrogen and oxygen atoms in total. The van der Waals surface area contributed by atoms with E-state index < -0.39 is 0 Å². The van der Waals surface area contributed by atoms with E-state index >= 15 is 0 Å². The average molecular weight is 284 g/mol. The molecule has 0 aromatic rings. The topological polar surface area (TPSA) is 3.24 Å². The fourth-order valence-corrected chi connectivity index (χ4v) is 0.428. The molecule has 0 saturated heterocycles. The Bertz CT molecular complexity index is 30.0. The molecule has 0 aliphatic carbocycles. The van der Waals surface area contributed by atoms with Crippen LogP contribution in [0.25, 0.3) is 0 Å². The monoisotopic (exact) mass is 285 g/mol. The summed E-state index contributed by atoms with van der Waals surface area (Å²) in [5, 5.41) is 0. The van der Waals surface area contributed by atoms with Gasteiger partial charge in [-0.15, -0.1) is 0 Å². The van der Waals surface area contributed by atoms with Crippen molar-refractivity contribution in [3.8, 4) is 0 Å². The van der Waals surface area contributed by atoms with Gasteiger partial charge in [-0.25, -0.2) is 0 Å². The maximum absolute atomic E-state index is 11.3. The summed E-state index contributed by atoms with van der Waals surface area (Å²) in [4.78, 5) is 1.66. The van der Waals surface area contributed by atoms with Crippen molar-refractivity contribution in [1.29, 1.82) is 0 Å². The fraction of sp³-hybridized carbons (Fsp3) is 1.00. The van der Waals surface area contributed by atoms with Crippen LogP contribution in [-0.2, 0) is 0 Å². The summed E-state index contributed by atoms with van der Waals surface area (Å²) in [6.07, 6.45) is 0. The van der Waals surface area contributed by atoms with Gasteiger partial charge in [-0.05, 0) is 0 Å². The predicted octanol–water partition coefficient (Wildman–Crippen LogP) is -0.297. The molecule has 0 saturated carbocycles. The normalized spacial score (nSPS) is 10.0. The first-order valence-electron chi connectivity index (χ1n) is 1.76. The van der Waals surface area contributed by atoms with E-state index in [1.165, 1.54) is 0 Å². The second-order valence-corrected chi connectivity index (χ2v) is 2.58. The van der Waals surface area contributed by atoms with E-state index in [2.05, 4.69) is 0 Å². The first-order valence-corrected chi connectivity index (χ1v) is 4.93. The molecule has 2 radical (unpaired) electrons. The van der Waals surface area contributed by atoms with Crippen LogP contribution in [0.2, 0.25) is 0 Å². The Balaban J connectivity index is 2.75. The van der Waals surface area contributed by atoms with Gasteiger partial charge in [-0.2, -0.15) is 0 Å². The molecule has 0 bridgehead atoms. The van der Waals surface area contributed by atoms with Crippen LogP contribution in [0.15, 0.2) is 0 Å². The van der Waals surface area contributed by atoms with Crippen molar-refractivity contribution < 1.29 is 4.39 Å². The van der Waals surface area contributed by atoms with E-state index in [-0.39, 0.29) is 6.80 Å². The summed E-state index contributed by atoms with van der Waals surface area (Å²) in [5.74, 6) is 0. The second-order valence-electron chi connectivity index (χ2n) is 1.16. The molecule has 0 fully saturated rings. The van der Waals surface area contributed by atoms with Gasteiger partial charge in [0.15, 0.2) is 0 Å². The molecular weight excluding hydrogens is 276 g/mol. The number of nitrogens with zero attached hydrogens (tertiary/aromatic N) is 1. The van der Waals surface area contributed by atoms with E-state index in [4.69, 9.17) is 0 Å². The molecule has 0 rings (SSSR count). The van der Waals surface area contributed by atoms with Gasteiger partial charge in [-0.1, -0.05) is 0 Å². The molecule has 0 amide bonds. The zero-order chi connectivity index (χ0) is 4.99. The SMILES string of the molecule is CN(CF)[CH2][PbH]. The average Bonchev–Trinajstić information content (AvgIpc) is 1.65. The van der Waals surface area contributed by atoms with Gasteiger partial charge < -0.3 is 0 Å². The molecule has 0 N–H and O–H groups in total. The number of hydrogen-bond acceptors (Lipinski definition) is 1. The van der Waals surface area contributed by atoms with Gasteiger partial charge >= 0.3 is 53.0 Å². The van der Waals surface area contributed by atoms with Crippen molar-refractivity contribution in [2.24, 2.45) is 0 Å². The third-order valence-electron chi connectivity index (χ3n) is 0.516. The molecule has 0 aromatic heterocycles. The molecule has 0 atom stereocenters. The van der Waals surface area contributed by atoms with Crippen LogP contribution in [-0.4, -0.2) is 48.6 Å². The van der Waals surface area contributed by atoms with Crippen LogP contribution in [0, 0.1) is 0 Å². The van der Waals surface area contributed by atoms with Crippen molar-refractivity contribution >= 4 is 25.8 Å². The Morgan fingerprint density at radius 1 is 1.83 bits per heavy atom. The number of hydrogen-bond donors (Lipinski definition) is 0. The van der Waals surface area contributed by atoms with E-state index in [9.17, 15) is 4.39 Å². The first-order chi connectivity index (χ1) is 2.81. The van der Waals surface area contributed by atoms with Crippen molar-refractivity contribution in [2.45, 2.75) is 0 Å². The Labute approximate surface area is 53.2 Å². The standard InChI is InChI=1S/C3H7FN.Pb.H/c1-5(2)3-4;;/h1,3H2,2H3;;. The van der Waals surface area contributed by atoms with Gasteiger partial charge in [0, 0.05) is 0 Å². The summed E-state index contributed by atoms with van der Waals surface area (Å²) in [7, 11) is 1.78. The predicted molar refractivity (Wildman–Crippen MR) is 25.8 cm³/mol. The van der Waals surface area contributed by atoms with Crippen LogP contribution < -0.4 is 0 Å². The third-order valence-corrected chi connectivity index (χ3v) is 2.94. The van der Waals surface area contributed by atoms with Crippen molar-refractivity contribution in [2.75, 3.05) is 18.0 Å². The molecule has 0 aliphatic rings. The maximum atomic E-state index is 11.3. The summed E-state index contributed by atoms with van der Waals surface area (Å²) in [6.45, 7) is -0.295. The minimum absolute atomic E-state index is 0.295. The molecule has 0 aromatic carbocycles. The molecule has 36 valence electrons. The van der Waals surface area contributed by atoms with Crippen LogP contribution in [0.5, 0.6) is 0 Å². The Morgan fingerprint density at radius 3 is 2.33 bits per heavy atom. The Kier molecular flexibility index (Phi) is 4.52. The van der Waals surface area contributed by atoms with Crippen LogP contribution >= 0.6 is 0 Å². The summed E-state index contributed by atoms with van der Waals surface area (Å²) in [6, 6.07) is 0. The van der Waals surface area contributed by atoms with Gasteiger partial charge in [0.05, 0.1) is 0 Å². The van der Waals surface area contributed by atoms with E-state index in [1.54, 1.807) is 11.9 Å². The molecule has 3 heteroatoms. The van der Waals surface area contributed by atoms with Gasteiger partial charge in [-0.3, -0.25) is 0 Å². The van der Waals surface area contributed by atoms with Crippen LogP contribution in [0.3, 0.4) is 0 Å². The van der Waals surface area contributed by atoms with Gasteiger partial charge in [0.25, 0.3) is 0 Å². The molecule has 0 unspecified atom stereocenters. The van der Waals surface area contributed by atoms with Crippen LogP contribution in [0.4, 0.5) is 4.39 Å². The van der Waals surface area contributed by atoms with E-state index in [0.717, 1.165) is 29.9 Å². The molecule has 0 heterocycles. The van der Waals surface area contributed by atoms with Crippen molar-refractivity contribution in [3.05, 3.63) is 0 Å². The Morgan fingerprint density at radius 2 is 2.33 bits per heavy atom. The van der Waals surface area contributed by atoms with E-state index in [1.807, 2.05) is 0 Å². The number of alkyl halides is 1. The zero-order valence-electron chi connectivity index (χ0n) is 3.82. The summed E-state index contributed by atoms with van der Waals surface area (Å²) < 4.78 is 12.3. The zero-order valence-corrected chi connectivity index (χ0v) is 8.31. The minimum atomic E-state index is -0.295. The molecule has 6 heavy (non-hydrogen) atoms. The van der Waals surface area contributed by atoms with Crippen molar-refractivity contribution in [3.63, 3.8) is 0 Å². The quantitative estimate of drug-likeness (QED) is 0.497. The third kappa shape index (κ3) is 3.02.